The first-order valence-corrected chi connectivity index (χ1v) is 8.15. The molecular formula is C17H20N6O. The number of hydrogen-bond donors (Lipinski definition) is 1. The Labute approximate surface area is 139 Å². The van der Waals surface area contributed by atoms with Crippen LogP contribution in [0.2, 0.25) is 0 Å². The maximum Gasteiger partial charge on any atom is 0.270 e. The molecule has 3 aromatic heterocycles. The van der Waals surface area contributed by atoms with Crippen LogP contribution in [0.3, 0.4) is 0 Å². The molecular weight excluding hydrogens is 304 g/mol. The van der Waals surface area contributed by atoms with Crippen molar-refractivity contribution < 1.29 is 4.79 Å². The number of fused-ring (bicyclic) bond motifs is 1. The molecule has 3 aromatic rings. The second kappa shape index (κ2) is 5.43. The molecule has 0 radical (unpaired) electrons. The summed E-state index contributed by atoms with van der Waals surface area (Å²) in [5.74, 6) is 1.18. The van der Waals surface area contributed by atoms with Gasteiger partial charge in [-0.05, 0) is 38.7 Å². The van der Waals surface area contributed by atoms with Gasteiger partial charge in [0.05, 0.1) is 11.7 Å². The summed E-state index contributed by atoms with van der Waals surface area (Å²) in [6.07, 6.45) is 5.90. The fourth-order valence-electron chi connectivity index (χ4n) is 3.07. The van der Waals surface area contributed by atoms with Crippen LogP contribution in [0, 0.1) is 19.8 Å². The number of amides is 1. The summed E-state index contributed by atoms with van der Waals surface area (Å²) >= 11 is 0. The molecule has 3 heterocycles. The smallest absolute Gasteiger partial charge is 0.270 e. The Bertz CT molecular complexity index is 920. The number of imidazole rings is 1. The lowest BCUT2D eigenvalue weighted by atomic mass is 10.1. The van der Waals surface area contributed by atoms with E-state index in [4.69, 9.17) is 0 Å². The summed E-state index contributed by atoms with van der Waals surface area (Å²) < 4.78 is 3.72. The van der Waals surface area contributed by atoms with Crippen LogP contribution in [0.4, 0.5) is 0 Å². The minimum absolute atomic E-state index is 0.0671. The van der Waals surface area contributed by atoms with Gasteiger partial charge in [0, 0.05) is 31.2 Å². The van der Waals surface area contributed by atoms with E-state index in [9.17, 15) is 4.79 Å². The SMILES string of the molecule is Cc1cc2nc(C(=O)N[C@H](c3nccn3C)C3CC3)cc(C)n2n1. The van der Waals surface area contributed by atoms with Crippen molar-refractivity contribution in [2.24, 2.45) is 13.0 Å². The Kier molecular flexibility index (Phi) is 3.37. The largest absolute Gasteiger partial charge is 0.340 e. The standard InChI is InChI=1S/C17H20N6O/c1-10-8-14-19-13(9-11(2)23(14)21-10)17(24)20-15(12-4-5-12)16-18-6-7-22(16)3/h6-9,12,15H,4-5H2,1-3H3,(H,20,24)/t15-/m0/s1. The van der Waals surface area contributed by atoms with Crippen molar-refractivity contribution in [2.75, 3.05) is 0 Å². The zero-order chi connectivity index (χ0) is 16.8. The van der Waals surface area contributed by atoms with Crippen molar-refractivity contribution in [1.82, 2.24) is 29.5 Å². The highest BCUT2D eigenvalue weighted by molar-refractivity contribution is 5.93. The van der Waals surface area contributed by atoms with Gasteiger partial charge >= 0.3 is 0 Å². The third-order valence-electron chi connectivity index (χ3n) is 4.48. The summed E-state index contributed by atoms with van der Waals surface area (Å²) in [7, 11) is 1.95. The highest BCUT2D eigenvalue weighted by atomic mass is 16.2. The normalized spacial score (nSPS) is 15.6. The molecule has 1 N–H and O–H groups in total. The molecule has 0 bridgehead atoms. The van der Waals surface area contributed by atoms with E-state index in [-0.39, 0.29) is 11.9 Å². The molecule has 1 aliphatic rings. The lowest BCUT2D eigenvalue weighted by Gasteiger charge is -2.18. The summed E-state index contributed by atoms with van der Waals surface area (Å²) in [5, 5.41) is 7.50. The molecule has 0 spiro atoms. The molecule has 0 saturated heterocycles. The van der Waals surface area contributed by atoms with Crippen LogP contribution in [0.15, 0.2) is 24.5 Å². The topological polar surface area (TPSA) is 77.1 Å². The highest BCUT2D eigenvalue weighted by Crippen LogP contribution is 2.40. The minimum Gasteiger partial charge on any atom is -0.340 e. The van der Waals surface area contributed by atoms with Gasteiger partial charge in [0.1, 0.15) is 11.5 Å². The Morgan fingerprint density at radius 3 is 2.79 bits per heavy atom. The van der Waals surface area contributed by atoms with Crippen molar-refractivity contribution in [2.45, 2.75) is 32.7 Å². The average Bonchev–Trinajstić information content (AvgIpc) is 3.18. The molecule has 1 amide bonds. The molecule has 1 fully saturated rings. The minimum atomic E-state index is -0.167. The van der Waals surface area contributed by atoms with Gasteiger partial charge in [-0.3, -0.25) is 4.79 Å². The van der Waals surface area contributed by atoms with Crippen LogP contribution in [0.5, 0.6) is 0 Å². The third kappa shape index (κ3) is 2.55. The predicted octanol–water partition coefficient (Wildman–Crippen LogP) is 1.96. The van der Waals surface area contributed by atoms with Gasteiger partial charge in [-0.15, -0.1) is 0 Å². The van der Waals surface area contributed by atoms with Crippen molar-refractivity contribution in [3.05, 3.63) is 47.4 Å². The van der Waals surface area contributed by atoms with Gasteiger partial charge < -0.3 is 9.88 Å². The van der Waals surface area contributed by atoms with E-state index in [0.29, 0.717) is 17.3 Å². The second-order valence-corrected chi connectivity index (χ2v) is 6.52. The monoisotopic (exact) mass is 324 g/mol. The van der Waals surface area contributed by atoms with Gasteiger partial charge in [-0.25, -0.2) is 14.5 Å². The summed E-state index contributed by atoms with van der Waals surface area (Å²) in [5.41, 5.74) is 2.88. The van der Waals surface area contributed by atoms with E-state index in [0.717, 1.165) is 30.1 Å². The van der Waals surface area contributed by atoms with E-state index in [1.165, 1.54) is 0 Å². The molecule has 1 aliphatic carbocycles. The molecule has 0 unspecified atom stereocenters. The van der Waals surface area contributed by atoms with Crippen LogP contribution in [-0.4, -0.2) is 30.1 Å². The number of nitrogens with one attached hydrogen (secondary N) is 1. The summed E-state index contributed by atoms with van der Waals surface area (Å²) in [4.78, 5) is 21.6. The number of carbonyl (C=O) groups is 1. The summed E-state index contributed by atoms with van der Waals surface area (Å²) in [6.45, 7) is 3.84. The fraction of sp³-hybridized carbons (Fsp3) is 0.412. The van der Waals surface area contributed by atoms with Gasteiger partial charge in [-0.2, -0.15) is 5.10 Å². The summed E-state index contributed by atoms with van der Waals surface area (Å²) in [6, 6.07) is 3.58. The first-order valence-electron chi connectivity index (χ1n) is 8.15. The second-order valence-electron chi connectivity index (χ2n) is 6.52. The van der Waals surface area contributed by atoms with Crippen LogP contribution in [0.25, 0.3) is 5.65 Å². The van der Waals surface area contributed by atoms with Crippen molar-refractivity contribution in [1.29, 1.82) is 0 Å². The van der Waals surface area contributed by atoms with Crippen LogP contribution in [0.1, 0.15) is 46.6 Å². The van der Waals surface area contributed by atoms with E-state index < -0.39 is 0 Å². The quantitative estimate of drug-likeness (QED) is 0.796. The lowest BCUT2D eigenvalue weighted by molar-refractivity contribution is 0.0924. The van der Waals surface area contributed by atoms with Crippen molar-refractivity contribution in [3.8, 4) is 0 Å². The van der Waals surface area contributed by atoms with E-state index in [1.807, 2.05) is 37.7 Å². The van der Waals surface area contributed by atoms with Gasteiger partial charge in [0.25, 0.3) is 5.91 Å². The third-order valence-corrected chi connectivity index (χ3v) is 4.48. The Hall–Kier alpha value is -2.70. The van der Waals surface area contributed by atoms with Gasteiger partial charge in [0.2, 0.25) is 0 Å². The average molecular weight is 324 g/mol. The van der Waals surface area contributed by atoms with E-state index in [1.54, 1.807) is 16.8 Å². The maximum atomic E-state index is 12.8. The van der Waals surface area contributed by atoms with Crippen LogP contribution < -0.4 is 5.32 Å². The molecule has 1 saturated carbocycles. The Morgan fingerprint density at radius 2 is 2.12 bits per heavy atom. The number of aromatic nitrogens is 5. The van der Waals surface area contributed by atoms with Gasteiger partial charge in [0.15, 0.2) is 5.65 Å². The lowest BCUT2D eigenvalue weighted by Crippen LogP contribution is -2.32. The van der Waals surface area contributed by atoms with Crippen LogP contribution in [-0.2, 0) is 7.05 Å². The first kappa shape index (κ1) is 14.9. The number of rotatable bonds is 4. The molecule has 7 heteroatoms. The number of nitrogens with zero attached hydrogens (tertiary/aromatic N) is 5. The van der Waals surface area contributed by atoms with Gasteiger partial charge in [-0.1, -0.05) is 0 Å². The number of hydrogen-bond acceptors (Lipinski definition) is 4. The molecule has 0 aromatic carbocycles. The molecule has 4 rings (SSSR count). The zero-order valence-corrected chi connectivity index (χ0v) is 14.0. The number of carbonyl (C=O) groups excluding carboxylic acids is 1. The molecule has 124 valence electrons. The Morgan fingerprint density at radius 1 is 1.33 bits per heavy atom. The Balaban J connectivity index is 1.64. The zero-order valence-electron chi connectivity index (χ0n) is 14.0. The first-order chi connectivity index (χ1) is 11.5. The highest BCUT2D eigenvalue weighted by Gasteiger charge is 2.36. The molecule has 7 nitrogen and oxygen atoms in total. The molecule has 0 aliphatic heterocycles. The predicted molar refractivity (Wildman–Crippen MR) is 88.6 cm³/mol. The van der Waals surface area contributed by atoms with Crippen LogP contribution >= 0.6 is 0 Å². The van der Waals surface area contributed by atoms with Crippen molar-refractivity contribution >= 4 is 11.6 Å². The fourth-order valence-corrected chi connectivity index (χ4v) is 3.07. The molecule has 24 heavy (non-hydrogen) atoms. The van der Waals surface area contributed by atoms with E-state index >= 15 is 0 Å². The van der Waals surface area contributed by atoms with Crippen molar-refractivity contribution in [3.63, 3.8) is 0 Å². The van der Waals surface area contributed by atoms with E-state index in [2.05, 4.69) is 20.4 Å². The molecule has 1 atom stereocenters. The number of aryl methyl sites for hydroxylation is 3. The maximum absolute atomic E-state index is 12.8.